The molecule has 0 heterocycles. The van der Waals surface area contributed by atoms with Crippen molar-refractivity contribution in [2.24, 2.45) is 5.92 Å². The van der Waals surface area contributed by atoms with Crippen LogP contribution in [0, 0.1) is 5.92 Å². The van der Waals surface area contributed by atoms with Crippen molar-refractivity contribution in [3.63, 3.8) is 0 Å². The van der Waals surface area contributed by atoms with Crippen molar-refractivity contribution in [2.45, 2.75) is 65.0 Å². The lowest BCUT2D eigenvalue weighted by Crippen LogP contribution is -2.31. The average molecular weight is 213 g/mol. The summed E-state index contributed by atoms with van der Waals surface area (Å²) in [6.45, 7) is 8.69. The Morgan fingerprint density at radius 2 is 1.87 bits per heavy atom. The van der Waals surface area contributed by atoms with E-state index >= 15 is 0 Å². The van der Waals surface area contributed by atoms with Crippen molar-refractivity contribution in [1.29, 1.82) is 0 Å². The fourth-order valence-corrected chi connectivity index (χ4v) is 2.38. The number of hydrogen-bond acceptors (Lipinski definition) is 2. The molecule has 2 nitrogen and oxygen atoms in total. The lowest BCUT2D eigenvalue weighted by Gasteiger charge is -2.17. The molecule has 2 heteroatoms. The van der Waals surface area contributed by atoms with E-state index < -0.39 is 0 Å². The van der Waals surface area contributed by atoms with Crippen LogP contribution in [0.5, 0.6) is 0 Å². The topological polar surface area (TPSA) is 21.3 Å². The highest BCUT2D eigenvalue weighted by Gasteiger charge is 2.14. The van der Waals surface area contributed by atoms with E-state index in [1.165, 1.54) is 32.1 Å². The summed E-state index contributed by atoms with van der Waals surface area (Å²) in [5.74, 6) is 0.781. The zero-order valence-corrected chi connectivity index (χ0v) is 10.6. The monoisotopic (exact) mass is 213 g/mol. The van der Waals surface area contributed by atoms with Crippen LogP contribution in [0.1, 0.15) is 52.9 Å². The van der Waals surface area contributed by atoms with Gasteiger partial charge in [0.2, 0.25) is 0 Å². The molecular weight excluding hydrogens is 186 g/mol. The summed E-state index contributed by atoms with van der Waals surface area (Å²) < 4.78 is 5.80. The van der Waals surface area contributed by atoms with Crippen molar-refractivity contribution in [3.05, 3.63) is 0 Å². The molecule has 0 amide bonds. The first-order chi connectivity index (χ1) is 7.18. The van der Waals surface area contributed by atoms with Crippen molar-refractivity contribution < 1.29 is 4.74 Å². The molecule has 0 aromatic heterocycles. The van der Waals surface area contributed by atoms with Crippen LogP contribution in [0.4, 0.5) is 0 Å². The van der Waals surface area contributed by atoms with Gasteiger partial charge in [-0.05, 0) is 32.1 Å². The third-order valence-electron chi connectivity index (χ3n) is 3.08. The highest BCUT2D eigenvalue weighted by molar-refractivity contribution is 4.67. The van der Waals surface area contributed by atoms with Crippen LogP contribution >= 0.6 is 0 Å². The van der Waals surface area contributed by atoms with E-state index in [0.29, 0.717) is 12.1 Å². The van der Waals surface area contributed by atoms with Crippen molar-refractivity contribution in [3.8, 4) is 0 Å². The molecule has 0 aromatic rings. The number of nitrogens with one attached hydrogen (secondary N) is 1. The minimum atomic E-state index is 0.562. The zero-order valence-electron chi connectivity index (χ0n) is 10.6. The summed E-state index contributed by atoms with van der Waals surface area (Å²) in [6.07, 6.45) is 7.10. The molecule has 1 aliphatic carbocycles. The van der Waals surface area contributed by atoms with Gasteiger partial charge in [-0.25, -0.2) is 0 Å². The van der Waals surface area contributed by atoms with E-state index in [1.54, 1.807) is 0 Å². The maximum absolute atomic E-state index is 5.80. The smallest absolute Gasteiger partial charge is 0.0594 e. The van der Waals surface area contributed by atoms with Gasteiger partial charge in [0, 0.05) is 12.6 Å². The minimum Gasteiger partial charge on any atom is -0.377 e. The molecule has 0 bridgehead atoms. The Morgan fingerprint density at radius 1 is 1.20 bits per heavy atom. The predicted molar refractivity (Wildman–Crippen MR) is 65.1 cm³/mol. The second-order valence-electron chi connectivity index (χ2n) is 5.26. The summed E-state index contributed by atoms with van der Waals surface area (Å²) in [6, 6.07) is 0.622. The van der Waals surface area contributed by atoms with Crippen molar-refractivity contribution in [2.75, 3.05) is 13.2 Å². The molecule has 0 saturated heterocycles. The quantitative estimate of drug-likeness (QED) is 0.656. The van der Waals surface area contributed by atoms with Gasteiger partial charge in [0.05, 0.1) is 12.7 Å². The van der Waals surface area contributed by atoms with Crippen LogP contribution in [-0.4, -0.2) is 25.3 Å². The van der Waals surface area contributed by atoms with Crippen LogP contribution in [0.15, 0.2) is 0 Å². The summed E-state index contributed by atoms with van der Waals surface area (Å²) in [4.78, 5) is 0. The van der Waals surface area contributed by atoms with E-state index in [-0.39, 0.29) is 0 Å². The summed E-state index contributed by atoms with van der Waals surface area (Å²) in [5, 5.41) is 3.51. The van der Waals surface area contributed by atoms with Crippen molar-refractivity contribution >= 4 is 0 Å². The highest BCUT2D eigenvalue weighted by Crippen LogP contribution is 2.20. The van der Waals surface area contributed by atoms with Gasteiger partial charge in [-0.3, -0.25) is 0 Å². The largest absolute Gasteiger partial charge is 0.377 e. The summed E-state index contributed by atoms with van der Waals surface area (Å²) >= 11 is 0. The minimum absolute atomic E-state index is 0.562. The SMILES string of the molecule is CC(C)CC(C)NCCOC1CCCC1. The standard InChI is InChI=1S/C13H27NO/c1-11(2)10-12(3)14-8-9-15-13-6-4-5-7-13/h11-14H,4-10H2,1-3H3. The summed E-state index contributed by atoms with van der Waals surface area (Å²) in [7, 11) is 0. The molecule has 1 saturated carbocycles. The van der Waals surface area contributed by atoms with Gasteiger partial charge >= 0.3 is 0 Å². The number of hydrogen-bond donors (Lipinski definition) is 1. The molecule has 0 spiro atoms. The Balaban J connectivity index is 1.91. The molecule has 90 valence electrons. The molecule has 0 aromatic carbocycles. The van der Waals surface area contributed by atoms with E-state index in [4.69, 9.17) is 4.74 Å². The van der Waals surface area contributed by atoms with Gasteiger partial charge in [0.25, 0.3) is 0 Å². The first kappa shape index (κ1) is 13.0. The Bertz CT molecular complexity index is 153. The molecule has 0 aliphatic heterocycles. The molecule has 0 radical (unpaired) electrons. The molecule has 1 unspecified atom stereocenters. The maximum Gasteiger partial charge on any atom is 0.0594 e. The molecule has 1 atom stereocenters. The van der Waals surface area contributed by atoms with Gasteiger partial charge in [-0.2, -0.15) is 0 Å². The molecule has 1 aliphatic rings. The Morgan fingerprint density at radius 3 is 2.47 bits per heavy atom. The van der Waals surface area contributed by atoms with Crippen LogP contribution < -0.4 is 5.32 Å². The maximum atomic E-state index is 5.80. The van der Waals surface area contributed by atoms with Gasteiger partial charge in [0.15, 0.2) is 0 Å². The zero-order chi connectivity index (χ0) is 11.1. The van der Waals surface area contributed by atoms with E-state index in [9.17, 15) is 0 Å². The summed E-state index contributed by atoms with van der Waals surface area (Å²) in [5.41, 5.74) is 0. The highest BCUT2D eigenvalue weighted by atomic mass is 16.5. The Hall–Kier alpha value is -0.0800. The predicted octanol–water partition coefficient (Wildman–Crippen LogP) is 2.97. The average Bonchev–Trinajstić information content (AvgIpc) is 2.63. The number of rotatable bonds is 7. The van der Waals surface area contributed by atoms with E-state index in [1.807, 2.05) is 0 Å². The third kappa shape index (κ3) is 6.16. The van der Waals surface area contributed by atoms with Gasteiger partial charge in [0.1, 0.15) is 0 Å². The normalized spacial score (nSPS) is 20.0. The van der Waals surface area contributed by atoms with Crippen LogP contribution in [0.3, 0.4) is 0 Å². The van der Waals surface area contributed by atoms with E-state index in [2.05, 4.69) is 26.1 Å². The van der Waals surface area contributed by atoms with Crippen molar-refractivity contribution in [1.82, 2.24) is 5.32 Å². The van der Waals surface area contributed by atoms with E-state index in [0.717, 1.165) is 19.1 Å². The van der Waals surface area contributed by atoms with Gasteiger partial charge in [-0.15, -0.1) is 0 Å². The second-order valence-corrected chi connectivity index (χ2v) is 5.26. The molecule has 1 rings (SSSR count). The molecule has 15 heavy (non-hydrogen) atoms. The molecular formula is C13H27NO. The molecule has 1 N–H and O–H groups in total. The second kappa shape index (κ2) is 7.24. The molecule has 1 fully saturated rings. The fraction of sp³-hybridized carbons (Fsp3) is 1.00. The third-order valence-corrected chi connectivity index (χ3v) is 3.08. The fourth-order valence-electron chi connectivity index (χ4n) is 2.38. The number of ether oxygens (including phenoxy) is 1. The van der Waals surface area contributed by atoms with Gasteiger partial charge in [-0.1, -0.05) is 26.7 Å². The van der Waals surface area contributed by atoms with Gasteiger partial charge < -0.3 is 10.1 Å². The Kier molecular flexibility index (Phi) is 6.26. The Labute approximate surface area is 94.8 Å². The lowest BCUT2D eigenvalue weighted by molar-refractivity contribution is 0.0590. The van der Waals surface area contributed by atoms with Crippen LogP contribution in [-0.2, 0) is 4.74 Å². The lowest BCUT2D eigenvalue weighted by atomic mass is 10.1. The first-order valence-corrected chi connectivity index (χ1v) is 6.53. The van der Waals surface area contributed by atoms with Crippen LogP contribution in [0.2, 0.25) is 0 Å². The van der Waals surface area contributed by atoms with Crippen LogP contribution in [0.25, 0.3) is 0 Å². The first-order valence-electron chi connectivity index (χ1n) is 6.53.